The van der Waals surface area contributed by atoms with E-state index in [-0.39, 0.29) is 23.5 Å². The van der Waals surface area contributed by atoms with Gasteiger partial charge in [-0.05, 0) is 44.9 Å². The van der Waals surface area contributed by atoms with Gasteiger partial charge in [-0.25, -0.2) is 0 Å². The van der Waals surface area contributed by atoms with Crippen LogP contribution in [-0.2, 0) is 0 Å². The van der Waals surface area contributed by atoms with Gasteiger partial charge in [-0.15, -0.1) is 10.2 Å². The van der Waals surface area contributed by atoms with Crippen molar-refractivity contribution in [3.05, 3.63) is 48.4 Å². The first-order chi connectivity index (χ1) is 17.4. The van der Waals surface area contributed by atoms with Gasteiger partial charge < -0.3 is 24.3 Å². The number of hydrogen-bond acceptors (Lipinski definition) is 9. The average Bonchev–Trinajstić information content (AvgIpc) is 3.64. The van der Waals surface area contributed by atoms with Crippen LogP contribution < -0.4 is 24.3 Å². The number of pyridine rings is 1. The molecule has 0 unspecified atom stereocenters. The second-order valence-corrected chi connectivity index (χ2v) is 8.57. The number of fused-ring (bicyclic) bond motifs is 1. The molecule has 0 bridgehead atoms. The lowest BCUT2D eigenvalue weighted by Gasteiger charge is -2.12. The molecule has 5 rings (SSSR count). The first kappa shape index (κ1) is 23.3. The van der Waals surface area contributed by atoms with E-state index in [2.05, 4.69) is 25.6 Å². The number of carbonyl (C=O) groups excluding carboxylic acids is 1. The molecular weight excluding hydrogens is 464 g/mol. The van der Waals surface area contributed by atoms with Crippen LogP contribution in [0.5, 0.6) is 28.9 Å². The summed E-state index contributed by atoms with van der Waals surface area (Å²) in [5, 5.41) is 16.1. The highest BCUT2D eigenvalue weighted by molar-refractivity contribution is 6.04. The van der Waals surface area contributed by atoms with Crippen molar-refractivity contribution >= 4 is 22.6 Å². The van der Waals surface area contributed by atoms with Crippen molar-refractivity contribution in [2.75, 3.05) is 19.5 Å². The Balaban J connectivity index is 1.33. The van der Waals surface area contributed by atoms with Crippen molar-refractivity contribution in [1.82, 2.24) is 25.0 Å². The summed E-state index contributed by atoms with van der Waals surface area (Å²) in [5.41, 5.74) is 0.886. The van der Waals surface area contributed by atoms with Crippen LogP contribution >= 0.6 is 0 Å². The lowest BCUT2D eigenvalue weighted by Crippen LogP contribution is -2.17. The molecule has 11 heteroatoms. The van der Waals surface area contributed by atoms with Gasteiger partial charge in [-0.1, -0.05) is 0 Å². The number of carbonyl (C=O) groups is 1. The average molecular weight is 491 g/mol. The van der Waals surface area contributed by atoms with E-state index in [4.69, 9.17) is 18.9 Å². The predicted octanol–water partition coefficient (Wildman–Crippen LogP) is 4.41. The van der Waals surface area contributed by atoms with Crippen molar-refractivity contribution in [2.45, 2.75) is 38.8 Å². The summed E-state index contributed by atoms with van der Waals surface area (Å²) >= 11 is 0. The first-order valence-corrected chi connectivity index (χ1v) is 11.5. The van der Waals surface area contributed by atoms with E-state index in [0.717, 1.165) is 18.2 Å². The Morgan fingerprint density at radius 1 is 1.03 bits per heavy atom. The van der Waals surface area contributed by atoms with Gasteiger partial charge in [0.2, 0.25) is 5.88 Å². The fourth-order valence-corrected chi connectivity index (χ4v) is 3.66. The highest BCUT2D eigenvalue weighted by Crippen LogP contribution is 2.37. The summed E-state index contributed by atoms with van der Waals surface area (Å²) in [6.45, 7) is 3.80. The molecule has 1 saturated carbocycles. The van der Waals surface area contributed by atoms with E-state index in [1.807, 2.05) is 13.8 Å². The van der Waals surface area contributed by atoms with Gasteiger partial charge in [0.05, 0.1) is 38.1 Å². The van der Waals surface area contributed by atoms with Gasteiger partial charge in [-0.2, -0.15) is 5.10 Å². The minimum atomic E-state index is -0.422. The van der Waals surface area contributed by atoms with Gasteiger partial charge in [0.15, 0.2) is 28.8 Å². The molecule has 3 aromatic heterocycles. The molecule has 4 aromatic rings. The number of anilines is 1. The number of hydrogen-bond donors (Lipinski definition) is 1. The standard InChI is InChI=1S/C25H26N6O5/c1-14(2)35-21-13-31(15-5-6-15)30-24(21)25(32)27-22-7-8-23(29-28-22)36-18-9-10-26-17-12-20(34-4)19(33-3)11-16(17)18/h7-15H,5-6H2,1-4H3,(H,27,28,32). The third-order valence-electron chi connectivity index (χ3n) is 5.50. The van der Waals surface area contributed by atoms with Crippen molar-refractivity contribution in [3.63, 3.8) is 0 Å². The zero-order valence-electron chi connectivity index (χ0n) is 20.4. The van der Waals surface area contributed by atoms with E-state index < -0.39 is 5.91 Å². The van der Waals surface area contributed by atoms with Crippen LogP contribution in [0.15, 0.2) is 42.7 Å². The lowest BCUT2D eigenvalue weighted by atomic mass is 10.2. The Kier molecular flexibility index (Phi) is 6.28. The molecule has 1 aliphatic carbocycles. The molecule has 0 saturated heterocycles. The summed E-state index contributed by atoms with van der Waals surface area (Å²) in [5.74, 6) is 2.17. The third-order valence-corrected chi connectivity index (χ3v) is 5.50. The van der Waals surface area contributed by atoms with Crippen molar-refractivity contribution < 1.29 is 23.7 Å². The summed E-state index contributed by atoms with van der Waals surface area (Å²) in [4.78, 5) is 17.3. The molecule has 0 radical (unpaired) electrons. The van der Waals surface area contributed by atoms with Gasteiger partial charge in [0, 0.05) is 23.7 Å². The number of amides is 1. The summed E-state index contributed by atoms with van der Waals surface area (Å²) in [6.07, 6.45) is 5.41. The van der Waals surface area contributed by atoms with Crippen molar-refractivity contribution in [3.8, 4) is 28.9 Å². The Morgan fingerprint density at radius 3 is 2.47 bits per heavy atom. The Hall–Kier alpha value is -4.41. The van der Waals surface area contributed by atoms with Crippen LogP contribution in [0.2, 0.25) is 0 Å². The zero-order valence-corrected chi connectivity index (χ0v) is 20.4. The molecule has 1 fully saturated rings. The molecule has 0 spiro atoms. The van der Waals surface area contributed by atoms with Gasteiger partial charge in [-0.3, -0.25) is 14.5 Å². The molecule has 0 aliphatic heterocycles. The fourth-order valence-electron chi connectivity index (χ4n) is 3.66. The Labute approximate surface area is 207 Å². The molecule has 11 nitrogen and oxygen atoms in total. The number of benzene rings is 1. The van der Waals surface area contributed by atoms with E-state index >= 15 is 0 Å². The van der Waals surface area contributed by atoms with Crippen LogP contribution in [0.4, 0.5) is 5.82 Å². The minimum Gasteiger partial charge on any atom is -0.493 e. The molecule has 3 heterocycles. The van der Waals surface area contributed by atoms with Gasteiger partial charge in [0.25, 0.3) is 5.91 Å². The number of aromatic nitrogens is 5. The molecule has 1 aromatic carbocycles. The minimum absolute atomic E-state index is 0.0880. The second-order valence-electron chi connectivity index (χ2n) is 8.57. The lowest BCUT2D eigenvalue weighted by molar-refractivity contribution is 0.101. The summed E-state index contributed by atoms with van der Waals surface area (Å²) < 4.78 is 24.3. The van der Waals surface area contributed by atoms with Crippen molar-refractivity contribution in [1.29, 1.82) is 0 Å². The predicted molar refractivity (Wildman–Crippen MR) is 131 cm³/mol. The smallest absolute Gasteiger partial charge is 0.281 e. The fraction of sp³-hybridized carbons (Fsp3) is 0.320. The molecule has 1 aliphatic rings. The number of rotatable bonds is 9. The van der Waals surface area contributed by atoms with Gasteiger partial charge in [0.1, 0.15) is 5.75 Å². The summed E-state index contributed by atoms with van der Waals surface area (Å²) in [7, 11) is 3.13. The van der Waals surface area contributed by atoms with E-state index in [0.29, 0.717) is 34.6 Å². The molecule has 1 amide bonds. The molecule has 36 heavy (non-hydrogen) atoms. The maximum atomic E-state index is 12.9. The maximum Gasteiger partial charge on any atom is 0.281 e. The van der Waals surface area contributed by atoms with Crippen molar-refractivity contribution in [2.24, 2.45) is 0 Å². The van der Waals surface area contributed by atoms with Gasteiger partial charge >= 0.3 is 0 Å². The molecule has 186 valence electrons. The Bertz CT molecular complexity index is 1400. The van der Waals surface area contributed by atoms with Crippen LogP contribution in [-0.4, -0.2) is 51.2 Å². The zero-order chi connectivity index (χ0) is 25.2. The molecular formula is C25H26N6O5. The van der Waals surface area contributed by atoms with E-state index in [1.165, 1.54) is 0 Å². The normalized spacial score (nSPS) is 13.0. The van der Waals surface area contributed by atoms with Crippen LogP contribution in [0.25, 0.3) is 10.9 Å². The quantitative estimate of drug-likeness (QED) is 0.363. The molecule has 1 N–H and O–H groups in total. The van der Waals surface area contributed by atoms with Crippen LogP contribution in [0, 0.1) is 0 Å². The monoisotopic (exact) mass is 490 g/mol. The maximum absolute atomic E-state index is 12.9. The largest absolute Gasteiger partial charge is 0.493 e. The van der Waals surface area contributed by atoms with E-state index in [9.17, 15) is 4.79 Å². The topological polar surface area (TPSA) is 123 Å². The SMILES string of the molecule is COc1cc2nccc(Oc3ccc(NC(=O)c4nn(C5CC5)cc4OC(C)C)nn3)c2cc1OC. The number of ether oxygens (including phenoxy) is 4. The Morgan fingerprint density at radius 2 is 1.81 bits per heavy atom. The number of nitrogens with one attached hydrogen (secondary N) is 1. The summed E-state index contributed by atoms with van der Waals surface area (Å²) in [6, 6.07) is 8.82. The van der Waals surface area contributed by atoms with Crippen LogP contribution in [0.1, 0.15) is 43.2 Å². The highest BCUT2D eigenvalue weighted by Gasteiger charge is 2.28. The highest BCUT2D eigenvalue weighted by atomic mass is 16.5. The van der Waals surface area contributed by atoms with E-state index in [1.54, 1.807) is 61.6 Å². The van der Waals surface area contributed by atoms with Crippen LogP contribution in [0.3, 0.4) is 0 Å². The second kappa shape index (κ2) is 9.68. The third kappa shape index (κ3) is 4.85. The number of nitrogens with zero attached hydrogens (tertiary/aromatic N) is 5. The first-order valence-electron chi connectivity index (χ1n) is 11.5. The molecule has 0 atom stereocenters. The number of methoxy groups -OCH3 is 2.